The van der Waals surface area contributed by atoms with Gasteiger partial charge in [-0.1, -0.05) is 53.7 Å². The first-order valence-electron chi connectivity index (χ1n) is 14.7. The van der Waals surface area contributed by atoms with Gasteiger partial charge in [-0.25, -0.2) is 9.97 Å². The topological polar surface area (TPSA) is 110 Å². The van der Waals surface area contributed by atoms with Gasteiger partial charge in [0.2, 0.25) is 5.88 Å². The van der Waals surface area contributed by atoms with E-state index >= 15 is 0 Å². The molecule has 43 heavy (non-hydrogen) atoms. The molecule has 2 saturated heterocycles. The average Bonchev–Trinajstić information content (AvgIpc) is 3.82. The third kappa shape index (κ3) is 5.28. The summed E-state index contributed by atoms with van der Waals surface area (Å²) < 4.78 is 16.9. The number of carbonyl (C=O) groups excluding carboxylic acids is 1. The highest BCUT2D eigenvalue weighted by atomic mass is 16.5. The fourth-order valence-corrected chi connectivity index (χ4v) is 6.23. The largest absolute Gasteiger partial charge is 0.480 e. The Labute approximate surface area is 249 Å². The summed E-state index contributed by atoms with van der Waals surface area (Å²) in [6, 6.07) is 19.4. The lowest BCUT2D eigenvalue weighted by Gasteiger charge is -2.41. The van der Waals surface area contributed by atoms with Gasteiger partial charge in [-0.2, -0.15) is 0 Å². The Morgan fingerprint density at radius 3 is 2.77 bits per heavy atom. The number of carbonyl (C=O) groups is 1. The first-order chi connectivity index (χ1) is 21.1. The van der Waals surface area contributed by atoms with E-state index in [0.717, 1.165) is 60.4 Å². The van der Waals surface area contributed by atoms with Crippen LogP contribution in [0.4, 0.5) is 0 Å². The molecule has 10 heteroatoms. The monoisotopic (exact) mass is 578 g/mol. The molecule has 0 spiro atoms. The van der Waals surface area contributed by atoms with Crippen molar-refractivity contribution < 1.29 is 18.8 Å². The minimum atomic E-state index is -0.311. The summed E-state index contributed by atoms with van der Waals surface area (Å²) in [6.45, 7) is 6.27. The zero-order valence-corrected chi connectivity index (χ0v) is 24.3. The Balaban J connectivity index is 1.25. The standard InChI is InChI=1S/C33H34N6O4/c1-21-29(30(37-43-21)23-8-4-3-5-9-23)33(40)39-14-13-38(18-22-12-15-42-20-22)19-28(39)31-34-17-27(35-31)25-16-24-10-6-7-11-26(24)36-32(25)41-2/h3-11,16-17,22,28H,12-15,18-20H2,1-2H3,(H,34,35). The van der Waals surface area contributed by atoms with Crippen LogP contribution in [0.2, 0.25) is 0 Å². The SMILES string of the molecule is COc1nc2ccccc2cc1-c1cnc(C2CN(CC3CCOC3)CCN2C(=O)c2c(-c3ccccc3)noc2C)[nH]1. The number of nitrogens with zero attached hydrogens (tertiary/aromatic N) is 5. The number of amides is 1. The van der Waals surface area contributed by atoms with Crippen molar-refractivity contribution in [3.8, 4) is 28.4 Å². The number of aromatic nitrogens is 4. The van der Waals surface area contributed by atoms with Gasteiger partial charge in [0.05, 0.1) is 36.7 Å². The number of hydrogen-bond acceptors (Lipinski definition) is 8. The van der Waals surface area contributed by atoms with Gasteiger partial charge in [-0.15, -0.1) is 0 Å². The van der Waals surface area contributed by atoms with E-state index in [1.54, 1.807) is 20.2 Å². The van der Waals surface area contributed by atoms with Crippen LogP contribution in [0.15, 0.2) is 71.4 Å². The number of piperazine rings is 1. The van der Waals surface area contributed by atoms with Crippen molar-refractivity contribution in [2.45, 2.75) is 19.4 Å². The van der Waals surface area contributed by atoms with Gasteiger partial charge in [0.1, 0.15) is 28.9 Å². The van der Waals surface area contributed by atoms with E-state index < -0.39 is 0 Å². The van der Waals surface area contributed by atoms with Gasteiger partial charge < -0.3 is 23.9 Å². The van der Waals surface area contributed by atoms with Crippen LogP contribution in [0.1, 0.15) is 34.4 Å². The molecular weight excluding hydrogens is 544 g/mol. The lowest BCUT2D eigenvalue weighted by molar-refractivity contribution is 0.0392. The molecule has 0 saturated carbocycles. The van der Waals surface area contributed by atoms with Crippen LogP contribution >= 0.6 is 0 Å². The molecule has 0 aliphatic carbocycles. The van der Waals surface area contributed by atoms with E-state index in [-0.39, 0.29) is 11.9 Å². The summed E-state index contributed by atoms with van der Waals surface area (Å²) in [5.74, 6) is 2.10. The van der Waals surface area contributed by atoms with Crippen molar-refractivity contribution in [1.82, 2.24) is 29.9 Å². The van der Waals surface area contributed by atoms with E-state index in [1.807, 2.05) is 59.5 Å². The summed E-state index contributed by atoms with van der Waals surface area (Å²) in [6.07, 6.45) is 2.86. The lowest BCUT2D eigenvalue weighted by atomic mass is 10.0. The molecule has 2 aromatic carbocycles. The summed E-state index contributed by atoms with van der Waals surface area (Å²) >= 11 is 0. The van der Waals surface area contributed by atoms with E-state index in [9.17, 15) is 4.79 Å². The minimum Gasteiger partial charge on any atom is -0.480 e. The molecule has 220 valence electrons. The number of nitrogens with one attached hydrogen (secondary N) is 1. The van der Waals surface area contributed by atoms with Crippen molar-refractivity contribution in [2.24, 2.45) is 5.92 Å². The molecular formula is C33H34N6O4. The number of H-pyrrole nitrogens is 1. The maximum Gasteiger partial charge on any atom is 0.260 e. The average molecular weight is 579 g/mol. The van der Waals surface area contributed by atoms with Gasteiger partial charge in [0.15, 0.2) is 0 Å². The molecule has 0 bridgehead atoms. The Morgan fingerprint density at radius 1 is 1.12 bits per heavy atom. The zero-order valence-electron chi connectivity index (χ0n) is 24.3. The Kier molecular flexibility index (Phi) is 7.38. The van der Waals surface area contributed by atoms with Gasteiger partial charge in [0, 0.05) is 43.7 Å². The number of ether oxygens (including phenoxy) is 2. The summed E-state index contributed by atoms with van der Waals surface area (Å²) in [7, 11) is 1.62. The Bertz CT molecular complexity index is 1740. The van der Waals surface area contributed by atoms with Crippen molar-refractivity contribution in [1.29, 1.82) is 0 Å². The second-order valence-electron chi connectivity index (χ2n) is 11.3. The molecule has 10 nitrogen and oxygen atoms in total. The number of methoxy groups -OCH3 is 1. The van der Waals surface area contributed by atoms with Crippen molar-refractivity contribution in [3.63, 3.8) is 0 Å². The van der Waals surface area contributed by atoms with E-state index in [2.05, 4.69) is 21.1 Å². The Hall–Kier alpha value is -4.54. The molecule has 1 amide bonds. The highest BCUT2D eigenvalue weighted by Crippen LogP contribution is 2.35. The molecule has 2 aliphatic rings. The number of hydrogen-bond donors (Lipinski definition) is 1. The third-order valence-electron chi connectivity index (χ3n) is 8.47. The molecule has 2 unspecified atom stereocenters. The number of rotatable bonds is 7. The minimum absolute atomic E-state index is 0.116. The van der Waals surface area contributed by atoms with Crippen molar-refractivity contribution in [2.75, 3.05) is 46.5 Å². The smallest absolute Gasteiger partial charge is 0.260 e. The number of aryl methyl sites for hydroxylation is 1. The van der Waals surface area contributed by atoms with Crippen LogP contribution in [0.25, 0.3) is 33.4 Å². The fraction of sp³-hybridized carbons (Fsp3) is 0.333. The second kappa shape index (κ2) is 11.6. The molecule has 3 aromatic heterocycles. The Morgan fingerprint density at radius 2 is 1.95 bits per heavy atom. The highest BCUT2D eigenvalue weighted by molar-refractivity contribution is 6.01. The molecule has 5 aromatic rings. The summed E-state index contributed by atoms with van der Waals surface area (Å²) in [5.41, 5.74) is 4.34. The number of fused-ring (bicyclic) bond motifs is 1. The maximum atomic E-state index is 14.4. The number of para-hydroxylation sites is 1. The first kappa shape index (κ1) is 27.3. The summed E-state index contributed by atoms with van der Waals surface area (Å²) in [5, 5.41) is 5.28. The lowest BCUT2D eigenvalue weighted by Crippen LogP contribution is -2.52. The van der Waals surface area contributed by atoms with Gasteiger partial charge in [-0.3, -0.25) is 9.69 Å². The molecule has 1 N–H and O–H groups in total. The number of imidazole rings is 1. The van der Waals surface area contributed by atoms with Gasteiger partial charge in [-0.05, 0) is 31.4 Å². The fourth-order valence-electron chi connectivity index (χ4n) is 6.23. The molecule has 0 radical (unpaired) electrons. The van der Waals surface area contributed by atoms with Crippen LogP contribution < -0.4 is 4.74 Å². The zero-order chi connectivity index (χ0) is 29.3. The van der Waals surface area contributed by atoms with Crippen molar-refractivity contribution in [3.05, 3.63) is 84.0 Å². The molecule has 2 atom stereocenters. The quantitative estimate of drug-likeness (QED) is 0.283. The molecule has 7 rings (SSSR count). The number of pyridine rings is 1. The number of benzene rings is 2. The van der Waals surface area contributed by atoms with E-state index in [4.69, 9.17) is 24.0 Å². The highest BCUT2D eigenvalue weighted by Gasteiger charge is 2.37. The van der Waals surface area contributed by atoms with Crippen LogP contribution in [-0.4, -0.2) is 82.3 Å². The predicted molar refractivity (Wildman–Crippen MR) is 162 cm³/mol. The van der Waals surface area contributed by atoms with E-state index in [1.165, 1.54) is 0 Å². The van der Waals surface area contributed by atoms with Crippen LogP contribution in [0.5, 0.6) is 5.88 Å². The van der Waals surface area contributed by atoms with Gasteiger partial charge >= 0.3 is 0 Å². The van der Waals surface area contributed by atoms with Crippen LogP contribution in [-0.2, 0) is 4.74 Å². The molecule has 2 aliphatic heterocycles. The third-order valence-corrected chi connectivity index (χ3v) is 8.47. The maximum absolute atomic E-state index is 14.4. The normalized spacial score (nSPS) is 19.3. The first-order valence-corrected chi connectivity index (χ1v) is 14.7. The predicted octanol–water partition coefficient (Wildman–Crippen LogP) is 5.13. The van der Waals surface area contributed by atoms with Gasteiger partial charge in [0.25, 0.3) is 5.91 Å². The van der Waals surface area contributed by atoms with Crippen LogP contribution in [0, 0.1) is 12.8 Å². The second-order valence-corrected chi connectivity index (χ2v) is 11.3. The summed E-state index contributed by atoms with van der Waals surface area (Å²) in [4.78, 5) is 31.8. The van der Waals surface area contributed by atoms with Crippen molar-refractivity contribution >= 4 is 16.8 Å². The van der Waals surface area contributed by atoms with Crippen LogP contribution in [0.3, 0.4) is 0 Å². The molecule has 5 heterocycles. The number of aromatic amines is 1. The van der Waals surface area contributed by atoms with E-state index in [0.29, 0.717) is 47.7 Å². The molecule has 2 fully saturated rings.